The van der Waals surface area contributed by atoms with Gasteiger partial charge in [0.2, 0.25) is 6.79 Å². The maximum Gasteiger partial charge on any atom is 0.282 e. The van der Waals surface area contributed by atoms with Crippen LogP contribution in [0.2, 0.25) is 0 Å². The summed E-state index contributed by atoms with van der Waals surface area (Å²) in [4.78, 5) is 13.4. The Morgan fingerprint density at radius 3 is 2.75 bits per heavy atom. The van der Waals surface area contributed by atoms with Crippen molar-refractivity contribution in [2.75, 3.05) is 33.1 Å². The highest BCUT2D eigenvalue weighted by molar-refractivity contribution is 5.95. The van der Waals surface area contributed by atoms with Gasteiger partial charge >= 0.3 is 0 Å². The van der Waals surface area contributed by atoms with E-state index in [-0.39, 0.29) is 6.79 Å². The molecule has 1 saturated heterocycles. The zero-order chi connectivity index (χ0) is 13.9. The molecular formula is C14H14FNO4. The molecule has 1 fully saturated rings. The number of nitrogens with zero attached hydrogens (tertiary/aromatic N) is 1. The van der Waals surface area contributed by atoms with E-state index < -0.39 is 11.7 Å². The number of halogens is 1. The fourth-order valence-electron chi connectivity index (χ4n) is 2.13. The Balaban J connectivity index is 1.75. The minimum absolute atomic E-state index is 0.164. The van der Waals surface area contributed by atoms with Crippen molar-refractivity contribution in [3.8, 4) is 11.5 Å². The molecule has 0 saturated carbocycles. The molecule has 0 spiro atoms. The first-order chi connectivity index (χ1) is 9.74. The van der Waals surface area contributed by atoms with Crippen LogP contribution in [-0.2, 0) is 9.53 Å². The molecule has 0 aliphatic carbocycles. The Hall–Kier alpha value is -2.08. The number of carbonyl (C=O) groups excluding carboxylic acids is 1. The number of ether oxygens (including phenoxy) is 3. The molecule has 6 heteroatoms. The second-order valence-corrected chi connectivity index (χ2v) is 4.51. The van der Waals surface area contributed by atoms with Crippen LogP contribution in [0.3, 0.4) is 0 Å². The first-order valence-corrected chi connectivity index (χ1v) is 6.38. The average molecular weight is 279 g/mol. The van der Waals surface area contributed by atoms with Crippen molar-refractivity contribution in [1.82, 2.24) is 4.90 Å². The van der Waals surface area contributed by atoms with Crippen molar-refractivity contribution in [2.24, 2.45) is 0 Å². The van der Waals surface area contributed by atoms with E-state index in [1.54, 1.807) is 18.2 Å². The molecule has 0 radical (unpaired) electrons. The van der Waals surface area contributed by atoms with Crippen LogP contribution in [0.5, 0.6) is 11.5 Å². The third kappa shape index (κ3) is 2.60. The lowest BCUT2D eigenvalue weighted by Crippen LogP contribution is -2.40. The SMILES string of the molecule is O=C(/C(F)=C/c1ccc2c(c1)OCO2)N1CCOCC1. The minimum atomic E-state index is -0.786. The number of morpholine rings is 1. The monoisotopic (exact) mass is 279 g/mol. The van der Waals surface area contributed by atoms with E-state index in [4.69, 9.17) is 14.2 Å². The summed E-state index contributed by atoms with van der Waals surface area (Å²) >= 11 is 0. The Kier molecular flexibility index (Phi) is 3.56. The molecule has 0 bridgehead atoms. The van der Waals surface area contributed by atoms with Gasteiger partial charge in [0.1, 0.15) is 0 Å². The van der Waals surface area contributed by atoms with Gasteiger partial charge in [0.05, 0.1) is 13.2 Å². The molecule has 1 aromatic rings. The first kappa shape index (κ1) is 12.9. The maximum absolute atomic E-state index is 14.0. The van der Waals surface area contributed by atoms with Crippen LogP contribution in [0.4, 0.5) is 4.39 Å². The smallest absolute Gasteiger partial charge is 0.282 e. The lowest BCUT2D eigenvalue weighted by atomic mass is 10.2. The van der Waals surface area contributed by atoms with Crippen molar-refractivity contribution in [3.05, 3.63) is 29.6 Å². The highest BCUT2D eigenvalue weighted by atomic mass is 19.1. The number of hydrogen-bond donors (Lipinski definition) is 0. The highest BCUT2D eigenvalue weighted by Crippen LogP contribution is 2.33. The highest BCUT2D eigenvalue weighted by Gasteiger charge is 2.21. The van der Waals surface area contributed by atoms with Gasteiger partial charge < -0.3 is 19.1 Å². The molecule has 0 atom stereocenters. The predicted octanol–water partition coefficient (Wildman–Crippen LogP) is 1.58. The summed E-state index contributed by atoms with van der Waals surface area (Å²) in [6.07, 6.45) is 1.21. The van der Waals surface area contributed by atoms with Gasteiger partial charge in [-0.3, -0.25) is 4.79 Å². The van der Waals surface area contributed by atoms with E-state index in [9.17, 15) is 9.18 Å². The fourth-order valence-corrected chi connectivity index (χ4v) is 2.13. The van der Waals surface area contributed by atoms with Crippen LogP contribution in [0.15, 0.2) is 24.0 Å². The topological polar surface area (TPSA) is 48.0 Å². The Morgan fingerprint density at radius 2 is 1.95 bits per heavy atom. The molecule has 106 valence electrons. The second kappa shape index (κ2) is 5.50. The summed E-state index contributed by atoms with van der Waals surface area (Å²) in [5, 5.41) is 0. The number of benzene rings is 1. The van der Waals surface area contributed by atoms with Gasteiger partial charge in [0.25, 0.3) is 5.91 Å². The van der Waals surface area contributed by atoms with E-state index in [2.05, 4.69) is 0 Å². The first-order valence-electron chi connectivity index (χ1n) is 6.38. The summed E-state index contributed by atoms with van der Waals surface area (Å²) in [5.41, 5.74) is 0.563. The van der Waals surface area contributed by atoms with Crippen molar-refractivity contribution >= 4 is 12.0 Å². The van der Waals surface area contributed by atoms with Crippen LogP contribution < -0.4 is 9.47 Å². The summed E-state index contributed by atoms with van der Waals surface area (Å²) < 4.78 is 29.5. The molecule has 5 nitrogen and oxygen atoms in total. The van der Waals surface area contributed by atoms with E-state index in [1.807, 2.05) is 0 Å². The minimum Gasteiger partial charge on any atom is -0.454 e. The largest absolute Gasteiger partial charge is 0.454 e. The molecule has 0 unspecified atom stereocenters. The molecule has 2 heterocycles. The van der Waals surface area contributed by atoms with Gasteiger partial charge in [-0.05, 0) is 23.8 Å². The van der Waals surface area contributed by atoms with Crippen LogP contribution >= 0.6 is 0 Å². The normalized spacial score (nSPS) is 18.2. The van der Waals surface area contributed by atoms with Crippen molar-refractivity contribution < 1.29 is 23.4 Å². The third-order valence-electron chi connectivity index (χ3n) is 3.19. The van der Waals surface area contributed by atoms with Crippen LogP contribution in [0.25, 0.3) is 6.08 Å². The molecule has 0 aromatic heterocycles. The van der Waals surface area contributed by atoms with Gasteiger partial charge in [-0.1, -0.05) is 6.07 Å². The van der Waals surface area contributed by atoms with Crippen molar-refractivity contribution in [1.29, 1.82) is 0 Å². The Bertz CT molecular complexity index is 552. The summed E-state index contributed by atoms with van der Waals surface area (Å²) in [7, 11) is 0. The molecular weight excluding hydrogens is 265 g/mol. The summed E-state index contributed by atoms with van der Waals surface area (Å²) in [6, 6.07) is 5.02. The predicted molar refractivity (Wildman–Crippen MR) is 69.0 cm³/mol. The van der Waals surface area contributed by atoms with Gasteiger partial charge in [-0.25, -0.2) is 4.39 Å². The zero-order valence-corrected chi connectivity index (χ0v) is 10.8. The van der Waals surface area contributed by atoms with E-state index in [1.165, 1.54) is 11.0 Å². The van der Waals surface area contributed by atoms with E-state index >= 15 is 0 Å². The molecule has 1 aromatic carbocycles. The molecule has 3 rings (SSSR count). The Labute approximate surface area is 115 Å². The van der Waals surface area contributed by atoms with Gasteiger partial charge in [0, 0.05) is 13.1 Å². The number of fused-ring (bicyclic) bond motifs is 1. The van der Waals surface area contributed by atoms with E-state index in [0.717, 1.165) is 0 Å². The quantitative estimate of drug-likeness (QED) is 0.771. The molecule has 2 aliphatic heterocycles. The second-order valence-electron chi connectivity index (χ2n) is 4.51. The summed E-state index contributed by atoms with van der Waals surface area (Å²) in [5.74, 6) is -0.204. The van der Waals surface area contributed by atoms with Gasteiger partial charge in [-0.2, -0.15) is 0 Å². The lowest BCUT2D eigenvalue weighted by molar-refractivity contribution is -0.132. The standard InChI is InChI=1S/C14H14FNO4/c15-11(14(17)16-3-5-18-6-4-16)7-10-1-2-12-13(8-10)20-9-19-12/h1-2,7-8H,3-6,9H2/b11-7-. The number of carbonyl (C=O) groups is 1. The molecule has 2 aliphatic rings. The van der Waals surface area contributed by atoms with Crippen LogP contribution in [0, 0.1) is 0 Å². The number of hydrogen-bond acceptors (Lipinski definition) is 4. The van der Waals surface area contributed by atoms with Crippen molar-refractivity contribution in [2.45, 2.75) is 0 Å². The fraction of sp³-hybridized carbons (Fsp3) is 0.357. The average Bonchev–Trinajstić information content (AvgIpc) is 2.95. The molecule has 20 heavy (non-hydrogen) atoms. The number of amides is 1. The maximum atomic E-state index is 14.0. The summed E-state index contributed by atoms with van der Waals surface area (Å²) in [6.45, 7) is 1.90. The molecule has 1 amide bonds. The van der Waals surface area contributed by atoms with E-state index in [0.29, 0.717) is 43.4 Å². The lowest BCUT2D eigenvalue weighted by Gasteiger charge is -2.26. The molecule has 0 N–H and O–H groups in total. The van der Waals surface area contributed by atoms with Crippen LogP contribution in [-0.4, -0.2) is 43.9 Å². The Morgan fingerprint density at radius 1 is 1.20 bits per heavy atom. The van der Waals surface area contributed by atoms with Crippen LogP contribution in [0.1, 0.15) is 5.56 Å². The van der Waals surface area contributed by atoms with Gasteiger partial charge in [-0.15, -0.1) is 0 Å². The zero-order valence-electron chi connectivity index (χ0n) is 10.8. The number of rotatable bonds is 2. The van der Waals surface area contributed by atoms with Crippen molar-refractivity contribution in [3.63, 3.8) is 0 Å². The third-order valence-corrected chi connectivity index (χ3v) is 3.19. The van der Waals surface area contributed by atoms with Gasteiger partial charge in [0.15, 0.2) is 17.3 Å².